The van der Waals surface area contributed by atoms with E-state index in [9.17, 15) is 8.42 Å². The molecule has 0 bridgehead atoms. The number of hydrogen-bond donors (Lipinski definition) is 1. The Morgan fingerprint density at radius 2 is 1.56 bits per heavy atom. The molecule has 6 nitrogen and oxygen atoms in total. The Morgan fingerprint density at radius 3 is 2.04 bits per heavy atom. The molecule has 0 aliphatic heterocycles. The van der Waals surface area contributed by atoms with Gasteiger partial charge in [0.2, 0.25) is 0 Å². The zero-order valence-corrected chi connectivity index (χ0v) is 18.3. The lowest BCUT2D eigenvalue weighted by atomic mass is 9.72. The van der Waals surface area contributed by atoms with Crippen molar-refractivity contribution in [2.24, 2.45) is 5.41 Å². The molecule has 1 aromatic carbocycles. The monoisotopic (exact) mass is 402 g/mol. The topological polar surface area (TPSA) is 82.1 Å². The van der Waals surface area contributed by atoms with Crippen molar-refractivity contribution in [2.75, 3.05) is 13.2 Å². The highest BCUT2D eigenvalue weighted by molar-refractivity contribution is 7.86. The van der Waals surface area contributed by atoms with Crippen molar-refractivity contribution in [1.82, 2.24) is 0 Å². The van der Waals surface area contributed by atoms with Crippen LogP contribution in [-0.2, 0) is 25.0 Å². The average Bonchev–Trinajstić information content (AvgIpc) is 2.48. The van der Waals surface area contributed by atoms with Gasteiger partial charge in [-0.3, -0.25) is 4.55 Å². The van der Waals surface area contributed by atoms with Gasteiger partial charge in [0.25, 0.3) is 10.1 Å². The van der Waals surface area contributed by atoms with Gasteiger partial charge >= 0.3 is 0 Å². The van der Waals surface area contributed by atoms with Crippen molar-refractivity contribution in [3.63, 3.8) is 0 Å². The standard InChI is InChI=1S/C20H34O6S/c1-15(26-16(2)27(21,22)23)24-12-13-25-18-10-8-17(9-11-18)20(6,7)14-19(3,4)5/h8-11,15-16H,12-14H2,1-7H3,(H,21,22,23). The van der Waals surface area contributed by atoms with E-state index >= 15 is 0 Å². The van der Waals surface area contributed by atoms with Gasteiger partial charge in [-0.25, -0.2) is 0 Å². The minimum absolute atomic E-state index is 0.0798. The number of hydrogen-bond acceptors (Lipinski definition) is 5. The summed E-state index contributed by atoms with van der Waals surface area (Å²) >= 11 is 0. The Balaban J connectivity index is 2.44. The SMILES string of the molecule is CC(OCCOc1ccc(C(C)(C)CC(C)(C)C)cc1)OC(C)S(=O)(=O)O. The first-order chi connectivity index (χ1) is 12.2. The summed E-state index contributed by atoms with van der Waals surface area (Å²) in [6, 6.07) is 8.06. The van der Waals surface area contributed by atoms with Gasteiger partial charge in [0.15, 0.2) is 11.7 Å². The zero-order chi connectivity index (χ0) is 20.9. The van der Waals surface area contributed by atoms with Crippen LogP contribution in [0.3, 0.4) is 0 Å². The predicted molar refractivity (Wildman–Crippen MR) is 107 cm³/mol. The summed E-state index contributed by atoms with van der Waals surface area (Å²) in [5, 5.41) is 0. The van der Waals surface area contributed by atoms with Gasteiger partial charge < -0.3 is 14.2 Å². The van der Waals surface area contributed by atoms with E-state index in [2.05, 4.69) is 46.8 Å². The minimum Gasteiger partial charge on any atom is -0.491 e. The van der Waals surface area contributed by atoms with Crippen molar-refractivity contribution in [2.45, 2.75) is 72.0 Å². The van der Waals surface area contributed by atoms with E-state index in [-0.39, 0.29) is 17.4 Å². The fourth-order valence-corrected chi connectivity index (χ4v) is 3.48. The highest BCUT2D eigenvalue weighted by atomic mass is 32.2. The molecule has 1 aromatic rings. The second-order valence-electron chi connectivity index (χ2n) is 8.65. The fraction of sp³-hybridized carbons (Fsp3) is 0.700. The molecule has 1 rings (SSSR count). The first kappa shape index (κ1) is 23.9. The summed E-state index contributed by atoms with van der Waals surface area (Å²) in [6.45, 7) is 14.6. The Labute approximate surface area is 164 Å². The van der Waals surface area contributed by atoms with Gasteiger partial charge in [0.1, 0.15) is 12.4 Å². The molecule has 156 valence electrons. The van der Waals surface area contributed by atoms with Crippen LogP contribution < -0.4 is 4.74 Å². The maximum Gasteiger partial charge on any atom is 0.292 e. The van der Waals surface area contributed by atoms with Gasteiger partial charge in [-0.2, -0.15) is 8.42 Å². The Morgan fingerprint density at radius 1 is 1.00 bits per heavy atom. The lowest BCUT2D eigenvalue weighted by molar-refractivity contribution is -0.142. The summed E-state index contributed by atoms with van der Waals surface area (Å²) in [7, 11) is -4.23. The molecule has 0 fully saturated rings. The van der Waals surface area contributed by atoms with Gasteiger partial charge in [0, 0.05) is 0 Å². The van der Waals surface area contributed by atoms with Crippen molar-refractivity contribution in [3.05, 3.63) is 29.8 Å². The zero-order valence-electron chi connectivity index (χ0n) is 17.5. The molecule has 0 aliphatic rings. The largest absolute Gasteiger partial charge is 0.491 e. The van der Waals surface area contributed by atoms with E-state index in [0.717, 1.165) is 12.2 Å². The fourth-order valence-electron chi connectivity index (χ4n) is 3.18. The van der Waals surface area contributed by atoms with Gasteiger partial charge in [0.05, 0.1) is 6.61 Å². The highest BCUT2D eigenvalue weighted by Crippen LogP contribution is 2.36. The summed E-state index contributed by atoms with van der Waals surface area (Å²) in [6.07, 6.45) is 0.305. The molecule has 0 saturated carbocycles. The number of benzene rings is 1. The molecule has 0 aliphatic carbocycles. The molecular weight excluding hydrogens is 368 g/mol. The van der Waals surface area contributed by atoms with Crippen molar-refractivity contribution < 1.29 is 27.2 Å². The van der Waals surface area contributed by atoms with E-state index in [1.165, 1.54) is 12.5 Å². The van der Waals surface area contributed by atoms with Crippen LogP contribution in [0.25, 0.3) is 0 Å². The predicted octanol–water partition coefficient (Wildman–Crippen LogP) is 4.39. The Kier molecular flexibility index (Phi) is 8.29. The molecule has 0 aromatic heterocycles. The number of rotatable bonds is 10. The molecule has 0 heterocycles. The van der Waals surface area contributed by atoms with Crippen LogP contribution in [0.5, 0.6) is 5.75 Å². The van der Waals surface area contributed by atoms with Crippen LogP contribution in [0.1, 0.15) is 60.5 Å². The first-order valence-corrected chi connectivity index (χ1v) is 10.7. The van der Waals surface area contributed by atoms with E-state index in [4.69, 9.17) is 18.8 Å². The van der Waals surface area contributed by atoms with E-state index < -0.39 is 21.8 Å². The molecule has 1 N–H and O–H groups in total. The molecule has 2 unspecified atom stereocenters. The molecule has 0 spiro atoms. The van der Waals surface area contributed by atoms with Gasteiger partial charge in [-0.1, -0.05) is 46.8 Å². The van der Waals surface area contributed by atoms with Crippen LogP contribution in [0.15, 0.2) is 24.3 Å². The van der Waals surface area contributed by atoms with Crippen LogP contribution in [0, 0.1) is 5.41 Å². The van der Waals surface area contributed by atoms with Gasteiger partial charge in [-0.15, -0.1) is 0 Å². The van der Waals surface area contributed by atoms with E-state index in [0.29, 0.717) is 6.61 Å². The molecule has 0 saturated heterocycles. The van der Waals surface area contributed by atoms with Crippen molar-refractivity contribution in [3.8, 4) is 5.75 Å². The third-order valence-electron chi connectivity index (χ3n) is 4.12. The third kappa shape index (κ3) is 9.06. The maximum absolute atomic E-state index is 10.9. The third-order valence-corrected chi connectivity index (χ3v) is 5.07. The van der Waals surface area contributed by atoms with Crippen LogP contribution in [-0.4, -0.2) is 37.9 Å². The smallest absolute Gasteiger partial charge is 0.292 e. The molecule has 27 heavy (non-hydrogen) atoms. The summed E-state index contributed by atoms with van der Waals surface area (Å²) < 4.78 is 46.7. The van der Waals surface area contributed by atoms with Gasteiger partial charge in [-0.05, 0) is 48.8 Å². The van der Waals surface area contributed by atoms with Crippen molar-refractivity contribution >= 4 is 10.1 Å². The van der Waals surface area contributed by atoms with Crippen LogP contribution in [0.4, 0.5) is 0 Å². The van der Waals surface area contributed by atoms with Crippen LogP contribution >= 0.6 is 0 Å². The second-order valence-corrected chi connectivity index (χ2v) is 10.3. The molecule has 0 radical (unpaired) electrons. The normalized spacial score (nSPS) is 15.4. The van der Waals surface area contributed by atoms with Crippen LogP contribution in [0.2, 0.25) is 0 Å². The quantitative estimate of drug-likeness (QED) is 0.355. The lowest BCUT2D eigenvalue weighted by Gasteiger charge is -2.33. The maximum atomic E-state index is 10.9. The summed E-state index contributed by atoms with van der Waals surface area (Å²) in [5.41, 5.74) is 0.262. The molecule has 0 amide bonds. The Hall–Kier alpha value is -1.15. The minimum atomic E-state index is -4.23. The highest BCUT2D eigenvalue weighted by Gasteiger charge is 2.27. The summed E-state index contributed by atoms with van der Waals surface area (Å²) in [5.74, 6) is 0.744. The van der Waals surface area contributed by atoms with E-state index in [1.807, 2.05) is 12.1 Å². The molecule has 2 atom stereocenters. The first-order valence-electron chi connectivity index (χ1n) is 9.17. The molecular formula is C20H34O6S. The summed E-state index contributed by atoms with van der Waals surface area (Å²) in [4.78, 5) is 0. The second kappa shape index (κ2) is 9.37. The average molecular weight is 403 g/mol. The van der Waals surface area contributed by atoms with E-state index in [1.54, 1.807) is 6.92 Å². The lowest BCUT2D eigenvalue weighted by Crippen LogP contribution is -2.27. The Bertz CT molecular complexity index is 673. The molecule has 7 heteroatoms. The van der Waals surface area contributed by atoms with Crippen molar-refractivity contribution in [1.29, 1.82) is 0 Å². The number of ether oxygens (including phenoxy) is 3.